The van der Waals surface area contributed by atoms with E-state index in [9.17, 15) is 13.2 Å². The van der Waals surface area contributed by atoms with Crippen LogP contribution < -0.4 is 10.5 Å². The predicted molar refractivity (Wildman–Crippen MR) is 101 cm³/mol. The Morgan fingerprint density at radius 3 is 2.08 bits per heavy atom. The Bertz CT molecular complexity index is 800. The predicted octanol–water partition coefficient (Wildman–Crippen LogP) is 1.48. The second-order valence-corrected chi connectivity index (χ2v) is 8.89. The van der Waals surface area contributed by atoms with Crippen molar-refractivity contribution in [3.8, 4) is 0 Å². The van der Waals surface area contributed by atoms with Crippen molar-refractivity contribution in [1.29, 1.82) is 0 Å². The number of carbonyl (C=O) groups excluding carboxylic acids is 1. The van der Waals surface area contributed by atoms with Gasteiger partial charge in [0, 0.05) is 13.5 Å². The maximum absolute atomic E-state index is 11.4. The average Bonchev–Trinajstić information content (AvgIpc) is 2.71. The lowest BCUT2D eigenvalue weighted by molar-refractivity contribution is -0.118. The number of amides is 1. The van der Waals surface area contributed by atoms with E-state index in [0.717, 1.165) is 11.0 Å². The fourth-order valence-electron chi connectivity index (χ4n) is 2.39. The van der Waals surface area contributed by atoms with Crippen molar-refractivity contribution < 1.29 is 22.5 Å². The Hall–Kier alpha value is -1.68. The summed E-state index contributed by atoms with van der Waals surface area (Å²) in [5, 5.41) is 7.87. The highest BCUT2D eigenvalue weighted by Crippen LogP contribution is 2.38. The van der Waals surface area contributed by atoms with Gasteiger partial charge in [-0.25, -0.2) is 13.6 Å². The molecule has 0 spiro atoms. The molecule has 3 N–H and O–H groups in total. The minimum Gasteiger partial charge on any atom is -0.400 e. The normalized spacial score (nSPS) is 19.5. The Kier molecular flexibility index (Phi) is 5.67. The van der Waals surface area contributed by atoms with E-state index in [2.05, 4.69) is 5.32 Å². The lowest BCUT2D eigenvalue weighted by Gasteiger charge is -2.32. The first kappa shape index (κ1) is 20.6. The molecule has 7 nitrogen and oxygen atoms in total. The molecule has 1 aliphatic rings. The standard InChI is InChI=1S/C17H25BN2O5S/c1-12(21)20-11-14(18-24-16(2,3)17(4,5)25-18)10-13-6-8-15(9-7-13)26(19,22)23/h6-10H,11H2,1-5H3,(H,20,21)(H2,19,22,23). The van der Waals surface area contributed by atoms with Gasteiger partial charge in [-0.05, 0) is 50.9 Å². The number of sulfonamides is 1. The van der Waals surface area contributed by atoms with Gasteiger partial charge < -0.3 is 14.6 Å². The van der Waals surface area contributed by atoms with Gasteiger partial charge in [-0.2, -0.15) is 0 Å². The maximum atomic E-state index is 11.4. The number of nitrogens with one attached hydrogen (secondary N) is 1. The lowest BCUT2D eigenvalue weighted by atomic mass is 9.77. The van der Waals surface area contributed by atoms with E-state index in [1.54, 1.807) is 12.1 Å². The van der Waals surface area contributed by atoms with Crippen molar-refractivity contribution in [2.45, 2.75) is 50.7 Å². The summed E-state index contributed by atoms with van der Waals surface area (Å²) in [5.41, 5.74) is 0.448. The number of rotatable bonds is 5. The van der Waals surface area contributed by atoms with Crippen molar-refractivity contribution in [3.05, 3.63) is 35.3 Å². The average molecular weight is 380 g/mol. The summed E-state index contributed by atoms with van der Waals surface area (Å²) in [5.74, 6) is -0.169. The summed E-state index contributed by atoms with van der Waals surface area (Å²) in [6.45, 7) is 9.48. The number of nitrogens with two attached hydrogens (primary N) is 1. The molecule has 1 fully saturated rings. The third-order valence-electron chi connectivity index (χ3n) is 4.66. The second-order valence-electron chi connectivity index (χ2n) is 7.33. The Balaban J connectivity index is 2.33. The number of hydrogen-bond acceptors (Lipinski definition) is 5. The molecule has 0 radical (unpaired) electrons. The van der Waals surface area contributed by atoms with Crippen molar-refractivity contribution in [2.24, 2.45) is 5.14 Å². The Labute approximate surface area is 155 Å². The monoisotopic (exact) mass is 380 g/mol. The first-order valence-electron chi connectivity index (χ1n) is 8.25. The van der Waals surface area contributed by atoms with Crippen molar-refractivity contribution in [2.75, 3.05) is 6.54 Å². The Morgan fingerprint density at radius 1 is 1.15 bits per heavy atom. The second kappa shape index (κ2) is 7.15. The van der Waals surface area contributed by atoms with Crippen LogP contribution in [0.15, 0.2) is 34.6 Å². The van der Waals surface area contributed by atoms with Gasteiger partial charge in [-0.15, -0.1) is 0 Å². The molecular weight excluding hydrogens is 355 g/mol. The van der Waals surface area contributed by atoms with Crippen LogP contribution >= 0.6 is 0 Å². The van der Waals surface area contributed by atoms with E-state index in [0.29, 0.717) is 0 Å². The molecule has 1 aromatic carbocycles. The lowest BCUT2D eigenvalue weighted by Crippen LogP contribution is -2.41. The molecular formula is C17H25BN2O5S. The first-order chi connectivity index (χ1) is 11.8. The molecule has 26 heavy (non-hydrogen) atoms. The van der Waals surface area contributed by atoms with Gasteiger partial charge in [0.2, 0.25) is 15.9 Å². The quantitative estimate of drug-likeness (QED) is 0.753. The fourth-order valence-corrected chi connectivity index (χ4v) is 2.91. The molecule has 0 aromatic heterocycles. The summed E-state index contributed by atoms with van der Waals surface area (Å²) >= 11 is 0. The topological polar surface area (TPSA) is 108 Å². The molecule has 1 saturated heterocycles. The summed E-state index contributed by atoms with van der Waals surface area (Å²) < 4.78 is 34.8. The number of carbonyl (C=O) groups is 1. The van der Waals surface area contributed by atoms with Crippen molar-refractivity contribution in [1.82, 2.24) is 5.32 Å². The fraction of sp³-hybridized carbons (Fsp3) is 0.471. The minimum absolute atomic E-state index is 0.0358. The van der Waals surface area contributed by atoms with Crippen LogP contribution in [0.3, 0.4) is 0 Å². The zero-order chi connectivity index (χ0) is 19.8. The highest BCUT2D eigenvalue weighted by molar-refractivity contribution is 7.89. The molecule has 1 amide bonds. The van der Waals surface area contributed by atoms with E-state index < -0.39 is 28.3 Å². The van der Waals surface area contributed by atoms with Gasteiger partial charge in [0.1, 0.15) is 0 Å². The summed E-state index contributed by atoms with van der Waals surface area (Å²) in [4.78, 5) is 11.4. The van der Waals surface area contributed by atoms with Gasteiger partial charge in [0.15, 0.2) is 0 Å². The van der Waals surface area contributed by atoms with Gasteiger partial charge >= 0.3 is 7.12 Å². The highest BCUT2D eigenvalue weighted by atomic mass is 32.2. The molecule has 1 heterocycles. The van der Waals surface area contributed by atoms with Crippen LogP contribution in [0, 0.1) is 0 Å². The van der Waals surface area contributed by atoms with Gasteiger partial charge in [0.25, 0.3) is 0 Å². The van der Waals surface area contributed by atoms with E-state index in [1.165, 1.54) is 19.1 Å². The molecule has 9 heteroatoms. The zero-order valence-corrected chi connectivity index (χ0v) is 16.5. The highest BCUT2D eigenvalue weighted by Gasteiger charge is 2.52. The summed E-state index contributed by atoms with van der Waals surface area (Å²) in [6, 6.07) is 6.14. The van der Waals surface area contributed by atoms with Gasteiger partial charge in [-0.3, -0.25) is 4.79 Å². The van der Waals surface area contributed by atoms with Crippen LogP contribution in [0.5, 0.6) is 0 Å². The molecule has 0 bridgehead atoms. The van der Waals surface area contributed by atoms with Crippen LogP contribution in [-0.4, -0.2) is 39.2 Å². The van der Waals surface area contributed by atoms with Crippen LogP contribution in [0.2, 0.25) is 0 Å². The maximum Gasteiger partial charge on any atom is 0.492 e. The number of primary sulfonamides is 1. The van der Waals surface area contributed by atoms with Crippen molar-refractivity contribution >= 4 is 29.1 Å². The number of benzene rings is 1. The summed E-state index contributed by atoms with van der Waals surface area (Å²) in [7, 11) is -4.36. The van der Waals surface area contributed by atoms with Crippen LogP contribution in [0.4, 0.5) is 0 Å². The third-order valence-corrected chi connectivity index (χ3v) is 5.59. The zero-order valence-electron chi connectivity index (χ0n) is 15.7. The largest absolute Gasteiger partial charge is 0.492 e. The van der Waals surface area contributed by atoms with Crippen LogP contribution in [0.1, 0.15) is 40.2 Å². The molecule has 0 unspecified atom stereocenters. The SMILES string of the molecule is CC(=O)NCC(=Cc1ccc(S(N)(=O)=O)cc1)B1OC(C)(C)C(C)(C)O1. The van der Waals surface area contributed by atoms with E-state index in [1.807, 2.05) is 33.8 Å². The molecule has 0 saturated carbocycles. The first-order valence-corrected chi connectivity index (χ1v) is 9.80. The van der Waals surface area contributed by atoms with Gasteiger partial charge in [-0.1, -0.05) is 18.2 Å². The summed E-state index contributed by atoms with van der Waals surface area (Å²) in [6.07, 6.45) is 1.81. The van der Waals surface area contributed by atoms with E-state index in [4.69, 9.17) is 14.4 Å². The van der Waals surface area contributed by atoms with Crippen molar-refractivity contribution in [3.63, 3.8) is 0 Å². The molecule has 142 valence electrons. The molecule has 1 aliphatic heterocycles. The smallest absolute Gasteiger partial charge is 0.400 e. The molecule has 2 rings (SSSR count). The molecule has 0 atom stereocenters. The van der Waals surface area contributed by atoms with Crippen LogP contribution in [-0.2, 0) is 24.1 Å². The minimum atomic E-state index is -3.74. The Morgan fingerprint density at radius 2 is 1.65 bits per heavy atom. The third kappa shape index (κ3) is 4.73. The van der Waals surface area contributed by atoms with Gasteiger partial charge in [0.05, 0.1) is 16.1 Å². The van der Waals surface area contributed by atoms with E-state index in [-0.39, 0.29) is 17.3 Å². The van der Waals surface area contributed by atoms with E-state index >= 15 is 0 Å². The van der Waals surface area contributed by atoms with Crippen LogP contribution in [0.25, 0.3) is 6.08 Å². The molecule has 0 aliphatic carbocycles. The molecule has 1 aromatic rings. The number of hydrogen-bond donors (Lipinski definition) is 2.